The van der Waals surface area contributed by atoms with Gasteiger partial charge in [-0.1, -0.05) is 6.07 Å². The van der Waals surface area contributed by atoms with Crippen LogP contribution in [0.2, 0.25) is 0 Å². The fourth-order valence-electron chi connectivity index (χ4n) is 1.40. The van der Waals surface area contributed by atoms with E-state index < -0.39 is 0 Å². The van der Waals surface area contributed by atoms with Crippen LogP contribution in [-0.2, 0) is 0 Å². The van der Waals surface area contributed by atoms with Crippen LogP contribution in [0.1, 0.15) is 12.5 Å². The Morgan fingerprint density at radius 1 is 1.57 bits per heavy atom. The molecule has 0 saturated carbocycles. The van der Waals surface area contributed by atoms with Crippen molar-refractivity contribution in [2.24, 2.45) is 4.99 Å². The summed E-state index contributed by atoms with van der Waals surface area (Å²) in [6, 6.07) is 5.50. The van der Waals surface area contributed by atoms with Crippen molar-refractivity contribution in [2.75, 3.05) is 6.54 Å². The lowest BCUT2D eigenvalue weighted by Crippen LogP contribution is -2.28. The molecule has 0 radical (unpaired) electrons. The third-order valence-electron chi connectivity index (χ3n) is 2.11. The maximum absolute atomic E-state index is 13.6. The van der Waals surface area contributed by atoms with E-state index in [4.69, 9.17) is 0 Å². The first-order valence-corrected chi connectivity index (χ1v) is 5.23. The van der Waals surface area contributed by atoms with E-state index in [1.165, 1.54) is 0 Å². The van der Waals surface area contributed by atoms with Gasteiger partial charge < -0.3 is 5.32 Å². The van der Waals surface area contributed by atoms with Crippen molar-refractivity contribution in [3.63, 3.8) is 0 Å². The zero-order chi connectivity index (χ0) is 10.1. The molecule has 2 rings (SSSR count). The summed E-state index contributed by atoms with van der Waals surface area (Å²) in [5.74, 6) is 0.393. The van der Waals surface area contributed by atoms with Gasteiger partial charge in [0.15, 0.2) is 0 Å². The van der Waals surface area contributed by atoms with Crippen molar-refractivity contribution in [1.82, 2.24) is 5.32 Å². The maximum Gasteiger partial charge on any atom is 0.148 e. The number of benzene rings is 1. The monoisotopic (exact) mass is 256 g/mol. The summed E-state index contributed by atoms with van der Waals surface area (Å²) in [4.78, 5) is 4.23. The summed E-state index contributed by atoms with van der Waals surface area (Å²) in [5, 5.41) is 3.13. The lowest BCUT2D eigenvalue weighted by molar-refractivity contribution is 0.617. The summed E-state index contributed by atoms with van der Waals surface area (Å²) in [6.07, 6.45) is 0. The first-order valence-electron chi connectivity index (χ1n) is 4.44. The van der Waals surface area contributed by atoms with E-state index in [-0.39, 0.29) is 5.82 Å². The Bertz CT molecular complexity index is 390. The summed E-state index contributed by atoms with van der Waals surface area (Å²) in [7, 11) is 0. The average Bonchev–Trinajstić information content (AvgIpc) is 2.57. The second-order valence-corrected chi connectivity index (χ2v) is 4.19. The molecule has 0 spiro atoms. The van der Waals surface area contributed by atoms with E-state index in [9.17, 15) is 4.39 Å². The largest absolute Gasteiger partial charge is 0.365 e. The Morgan fingerprint density at radius 3 is 3.00 bits per heavy atom. The lowest BCUT2D eigenvalue weighted by Gasteiger charge is -2.07. The molecular weight excluding hydrogens is 247 g/mol. The smallest absolute Gasteiger partial charge is 0.148 e. The lowest BCUT2D eigenvalue weighted by atomic mass is 10.2. The van der Waals surface area contributed by atoms with Gasteiger partial charge in [0.2, 0.25) is 0 Å². The van der Waals surface area contributed by atoms with Crippen molar-refractivity contribution >= 4 is 21.8 Å². The number of amidine groups is 1. The molecule has 0 aliphatic carbocycles. The number of aliphatic imine (C=N–C) groups is 1. The van der Waals surface area contributed by atoms with E-state index >= 15 is 0 Å². The third-order valence-corrected chi connectivity index (χ3v) is 2.73. The van der Waals surface area contributed by atoms with Crippen LogP contribution in [0.25, 0.3) is 0 Å². The molecule has 0 amide bonds. The molecule has 74 valence electrons. The second-order valence-electron chi connectivity index (χ2n) is 3.34. The fourth-order valence-corrected chi connectivity index (χ4v) is 1.77. The topological polar surface area (TPSA) is 24.4 Å². The Labute approximate surface area is 90.4 Å². The molecule has 1 unspecified atom stereocenters. The number of nitrogens with one attached hydrogen (secondary N) is 1. The third kappa shape index (κ3) is 1.66. The molecule has 1 heterocycles. The van der Waals surface area contributed by atoms with Gasteiger partial charge in [-0.3, -0.25) is 4.99 Å². The maximum atomic E-state index is 13.6. The van der Waals surface area contributed by atoms with E-state index in [2.05, 4.69) is 26.2 Å². The summed E-state index contributed by atoms with van der Waals surface area (Å²) >= 11 is 3.15. The molecule has 1 N–H and O–H groups in total. The summed E-state index contributed by atoms with van der Waals surface area (Å²) in [6.45, 7) is 2.73. The minimum absolute atomic E-state index is 0.257. The van der Waals surface area contributed by atoms with E-state index in [0.717, 1.165) is 0 Å². The van der Waals surface area contributed by atoms with Crippen LogP contribution in [0, 0.1) is 5.82 Å². The number of nitrogens with zero attached hydrogens (tertiary/aromatic N) is 1. The number of hydrogen-bond acceptors (Lipinski definition) is 2. The van der Waals surface area contributed by atoms with Crippen LogP contribution in [0.4, 0.5) is 4.39 Å². The van der Waals surface area contributed by atoms with Gasteiger partial charge >= 0.3 is 0 Å². The minimum atomic E-state index is -0.257. The molecule has 0 saturated heterocycles. The van der Waals surface area contributed by atoms with E-state index in [1.54, 1.807) is 18.2 Å². The molecule has 14 heavy (non-hydrogen) atoms. The van der Waals surface area contributed by atoms with Crippen LogP contribution in [0.15, 0.2) is 27.7 Å². The molecule has 4 heteroatoms. The Balaban J connectivity index is 2.38. The molecule has 1 aliphatic rings. The van der Waals surface area contributed by atoms with Gasteiger partial charge in [0, 0.05) is 6.04 Å². The van der Waals surface area contributed by atoms with Crippen LogP contribution in [0.3, 0.4) is 0 Å². The SMILES string of the molecule is CC1CN=C(c2cccc(Br)c2F)N1. The first kappa shape index (κ1) is 9.65. The standard InChI is InChI=1S/C10H10BrFN2/c1-6-5-13-10(14-6)7-3-2-4-8(11)9(7)12/h2-4,6H,5H2,1H3,(H,13,14). The number of halogens is 2. The van der Waals surface area contributed by atoms with Crippen LogP contribution in [0.5, 0.6) is 0 Å². The fraction of sp³-hybridized carbons (Fsp3) is 0.300. The highest BCUT2D eigenvalue weighted by atomic mass is 79.9. The quantitative estimate of drug-likeness (QED) is 0.820. The van der Waals surface area contributed by atoms with Gasteiger partial charge in [0.05, 0.1) is 16.6 Å². The zero-order valence-corrected chi connectivity index (χ0v) is 9.31. The molecule has 1 atom stereocenters. The van der Waals surface area contributed by atoms with Crippen molar-refractivity contribution in [1.29, 1.82) is 0 Å². The van der Waals surface area contributed by atoms with Crippen molar-refractivity contribution in [3.8, 4) is 0 Å². The molecule has 1 aromatic carbocycles. The molecule has 0 fully saturated rings. The normalized spacial score (nSPS) is 20.5. The summed E-state index contributed by atoms with van der Waals surface area (Å²) < 4.78 is 14.1. The molecule has 0 aromatic heterocycles. The Hall–Kier alpha value is -0.900. The van der Waals surface area contributed by atoms with Crippen LogP contribution < -0.4 is 5.32 Å². The second kappa shape index (κ2) is 3.69. The van der Waals surface area contributed by atoms with Gasteiger partial charge in [-0.2, -0.15) is 0 Å². The molecule has 1 aliphatic heterocycles. The highest BCUT2D eigenvalue weighted by Gasteiger charge is 2.18. The van der Waals surface area contributed by atoms with Gasteiger partial charge in [-0.05, 0) is 35.0 Å². The predicted molar refractivity (Wildman–Crippen MR) is 58.1 cm³/mol. The van der Waals surface area contributed by atoms with E-state index in [0.29, 0.717) is 28.5 Å². The highest BCUT2D eigenvalue weighted by molar-refractivity contribution is 9.10. The van der Waals surface area contributed by atoms with Crippen LogP contribution >= 0.6 is 15.9 Å². The van der Waals surface area contributed by atoms with Gasteiger partial charge in [-0.15, -0.1) is 0 Å². The van der Waals surface area contributed by atoms with Crippen molar-refractivity contribution in [2.45, 2.75) is 13.0 Å². The average molecular weight is 257 g/mol. The van der Waals surface area contributed by atoms with Gasteiger partial charge in [0.25, 0.3) is 0 Å². The predicted octanol–water partition coefficient (Wildman–Crippen LogP) is 2.33. The van der Waals surface area contributed by atoms with Gasteiger partial charge in [-0.25, -0.2) is 4.39 Å². The first-order chi connectivity index (χ1) is 6.68. The number of rotatable bonds is 1. The summed E-state index contributed by atoms with van der Waals surface area (Å²) in [5.41, 5.74) is 0.531. The molecule has 2 nitrogen and oxygen atoms in total. The van der Waals surface area contributed by atoms with Crippen molar-refractivity contribution < 1.29 is 4.39 Å². The molecule has 0 bridgehead atoms. The molecular formula is C10H10BrFN2. The van der Waals surface area contributed by atoms with Crippen molar-refractivity contribution in [3.05, 3.63) is 34.1 Å². The Kier molecular flexibility index (Phi) is 2.54. The zero-order valence-electron chi connectivity index (χ0n) is 7.72. The van der Waals surface area contributed by atoms with Gasteiger partial charge in [0.1, 0.15) is 11.7 Å². The Morgan fingerprint density at radius 2 is 2.36 bits per heavy atom. The highest BCUT2D eigenvalue weighted by Crippen LogP contribution is 2.19. The molecule has 1 aromatic rings. The minimum Gasteiger partial charge on any atom is -0.365 e. The number of hydrogen-bond donors (Lipinski definition) is 1. The van der Waals surface area contributed by atoms with Crippen LogP contribution in [-0.4, -0.2) is 18.4 Å². The van der Waals surface area contributed by atoms with E-state index in [1.807, 2.05) is 6.92 Å².